The summed E-state index contributed by atoms with van der Waals surface area (Å²) in [6.45, 7) is 7.64. The van der Waals surface area contributed by atoms with Gasteiger partial charge in [-0.3, -0.25) is 23.9 Å². The molecule has 2 aliphatic rings. The average Bonchev–Trinajstić information content (AvgIpc) is 3.31. The average molecular weight is 650 g/mol. The highest BCUT2D eigenvalue weighted by atomic mass is 32.2. The molecule has 0 unspecified atom stereocenters. The fourth-order valence-electron chi connectivity index (χ4n) is 6.02. The Kier molecular flexibility index (Phi) is 12.7. The zero-order valence-corrected chi connectivity index (χ0v) is 27.9. The SMILES string of the molecule is CCn1c(N2CCN(c3ccccc3)CC2)c(C=C2SC(=S)N(CCCCCCCCCCC(=O)O)C2=O)c(C)c(C#N)c1=O. The fraction of sp³-hybridized carbons (Fsp3) is 0.500. The van der Waals surface area contributed by atoms with E-state index in [4.69, 9.17) is 17.3 Å². The summed E-state index contributed by atoms with van der Waals surface area (Å²) in [5.41, 5.74) is 2.28. The largest absolute Gasteiger partial charge is 0.481 e. The van der Waals surface area contributed by atoms with Crippen molar-refractivity contribution in [2.24, 2.45) is 0 Å². The summed E-state index contributed by atoms with van der Waals surface area (Å²) in [4.78, 5) is 44.3. The van der Waals surface area contributed by atoms with Gasteiger partial charge in [0.25, 0.3) is 11.5 Å². The number of thioether (sulfide) groups is 1. The Morgan fingerprint density at radius 1 is 0.978 bits per heavy atom. The normalized spacial score (nSPS) is 16.1. The third-order valence-corrected chi connectivity index (χ3v) is 9.91. The molecule has 1 aromatic heterocycles. The van der Waals surface area contributed by atoms with Gasteiger partial charge in [0.05, 0.1) is 4.91 Å². The van der Waals surface area contributed by atoms with Gasteiger partial charge in [0.1, 0.15) is 21.8 Å². The first kappa shape index (κ1) is 34.3. The van der Waals surface area contributed by atoms with Crippen LogP contribution in [-0.4, -0.2) is 63.5 Å². The molecule has 2 saturated heterocycles. The Morgan fingerprint density at radius 2 is 1.58 bits per heavy atom. The topological polar surface area (TPSA) is 110 Å². The maximum absolute atomic E-state index is 13.6. The number of carboxylic acids is 1. The van der Waals surface area contributed by atoms with Gasteiger partial charge in [-0.15, -0.1) is 0 Å². The van der Waals surface area contributed by atoms with Crippen molar-refractivity contribution in [1.82, 2.24) is 9.47 Å². The molecule has 4 rings (SSSR count). The number of aromatic nitrogens is 1. The summed E-state index contributed by atoms with van der Waals surface area (Å²) in [5.74, 6) is -0.110. The summed E-state index contributed by atoms with van der Waals surface area (Å²) in [5, 5.41) is 18.6. The molecule has 9 nitrogen and oxygen atoms in total. The monoisotopic (exact) mass is 649 g/mol. The lowest BCUT2D eigenvalue weighted by molar-refractivity contribution is -0.137. The van der Waals surface area contributed by atoms with Crippen molar-refractivity contribution < 1.29 is 14.7 Å². The van der Waals surface area contributed by atoms with Crippen LogP contribution < -0.4 is 15.4 Å². The first-order valence-corrected chi connectivity index (χ1v) is 17.2. The van der Waals surface area contributed by atoms with Crippen molar-refractivity contribution in [2.45, 2.75) is 78.2 Å². The number of carbonyl (C=O) groups is 2. The number of pyridine rings is 1. The summed E-state index contributed by atoms with van der Waals surface area (Å²) >= 11 is 6.90. The van der Waals surface area contributed by atoms with E-state index in [1.807, 2.05) is 31.2 Å². The lowest BCUT2D eigenvalue weighted by atomic mass is 10.0. The molecular formula is C34H43N5O4S2. The Morgan fingerprint density at radius 3 is 2.18 bits per heavy atom. The second-order valence-electron chi connectivity index (χ2n) is 11.5. The highest BCUT2D eigenvalue weighted by molar-refractivity contribution is 8.26. The molecule has 1 amide bonds. The first-order chi connectivity index (χ1) is 21.8. The van der Waals surface area contributed by atoms with Gasteiger partial charge in [0, 0.05) is 56.9 Å². The third kappa shape index (κ3) is 8.56. The number of carboxylic acid groups (broad SMARTS) is 1. The molecule has 0 aliphatic carbocycles. The van der Waals surface area contributed by atoms with Crippen molar-refractivity contribution >= 4 is 57.8 Å². The number of para-hydroxylation sites is 1. The number of amides is 1. The van der Waals surface area contributed by atoms with E-state index in [1.165, 1.54) is 11.8 Å². The van der Waals surface area contributed by atoms with Crippen LogP contribution >= 0.6 is 24.0 Å². The molecular weight excluding hydrogens is 607 g/mol. The molecule has 0 spiro atoms. The summed E-state index contributed by atoms with van der Waals surface area (Å²) < 4.78 is 2.20. The highest BCUT2D eigenvalue weighted by Gasteiger charge is 2.33. The Bertz CT molecular complexity index is 1510. The second-order valence-corrected chi connectivity index (χ2v) is 13.2. The molecule has 240 valence electrons. The quantitative estimate of drug-likeness (QED) is 0.138. The van der Waals surface area contributed by atoms with E-state index in [0.717, 1.165) is 81.5 Å². The van der Waals surface area contributed by atoms with E-state index in [-0.39, 0.29) is 23.5 Å². The van der Waals surface area contributed by atoms with Crippen molar-refractivity contribution in [2.75, 3.05) is 42.5 Å². The van der Waals surface area contributed by atoms with Crippen LogP contribution in [0.5, 0.6) is 0 Å². The minimum absolute atomic E-state index is 0.104. The first-order valence-electron chi connectivity index (χ1n) is 16.0. The predicted octanol–water partition coefficient (Wildman–Crippen LogP) is 6.17. The van der Waals surface area contributed by atoms with E-state index < -0.39 is 5.97 Å². The van der Waals surface area contributed by atoms with Gasteiger partial charge >= 0.3 is 5.97 Å². The van der Waals surface area contributed by atoms with Crippen LogP contribution in [-0.2, 0) is 16.1 Å². The molecule has 0 radical (unpaired) electrons. The van der Waals surface area contributed by atoms with Gasteiger partial charge in [0.15, 0.2) is 0 Å². The van der Waals surface area contributed by atoms with Crippen LogP contribution in [0.15, 0.2) is 40.0 Å². The number of unbranched alkanes of at least 4 members (excludes halogenated alkanes) is 7. The maximum Gasteiger partial charge on any atom is 0.303 e. The lowest BCUT2D eigenvalue weighted by Crippen LogP contribution is -2.48. The molecule has 3 heterocycles. The van der Waals surface area contributed by atoms with Gasteiger partial charge in [-0.2, -0.15) is 5.26 Å². The highest BCUT2D eigenvalue weighted by Crippen LogP contribution is 2.36. The van der Waals surface area contributed by atoms with Gasteiger partial charge in [-0.25, -0.2) is 0 Å². The smallest absolute Gasteiger partial charge is 0.303 e. The third-order valence-electron chi connectivity index (χ3n) is 8.53. The van der Waals surface area contributed by atoms with Gasteiger partial charge in [-0.05, 0) is 50.5 Å². The van der Waals surface area contributed by atoms with Crippen molar-refractivity contribution in [3.63, 3.8) is 0 Å². The molecule has 45 heavy (non-hydrogen) atoms. The van der Waals surface area contributed by atoms with Crippen LogP contribution in [0.1, 0.15) is 81.4 Å². The van der Waals surface area contributed by atoms with Gasteiger partial charge in [0.2, 0.25) is 0 Å². The van der Waals surface area contributed by atoms with Crippen molar-refractivity contribution in [3.05, 3.63) is 62.3 Å². The maximum atomic E-state index is 13.6. The Labute approximate surface area is 275 Å². The molecule has 1 aromatic carbocycles. The predicted molar refractivity (Wildman–Crippen MR) is 186 cm³/mol. The minimum atomic E-state index is -0.731. The van der Waals surface area contributed by atoms with Crippen LogP contribution in [0.2, 0.25) is 0 Å². The summed E-state index contributed by atoms with van der Waals surface area (Å²) in [6.07, 6.45) is 9.93. The number of aliphatic carboxylic acids is 1. The fourth-order valence-corrected chi connectivity index (χ4v) is 7.31. The number of thiocarbonyl (C=S) groups is 1. The number of hydrogen-bond donors (Lipinski definition) is 1. The van der Waals surface area contributed by atoms with Gasteiger partial charge < -0.3 is 14.9 Å². The molecule has 0 saturated carbocycles. The van der Waals surface area contributed by atoms with E-state index >= 15 is 0 Å². The summed E-state index contributed by atoms with van der Waals surface area (Å²) in [7, 11) is 0. The number of carbonyl (C=O) groups excluding carboxylic acids is 1. The van der Waals surface area contributed by atoms with Crippen LogP contribution in [0.4, 0.5) is 11.5 Å². The summed E-state index contributed by atoms with van der Waals surface area (Å²) in [6, 6.07) is 12.4. The molecule has 2 aliphatic heterocycles. The van der Waals surface area contributed by atoms with E-state index in [2.05, 4.69) is 28.0 Å². The number of rotatable bonds is 15. The zero-order chi connectivity index (χ0) is 32.3. The van der Waals surface area contributed by atoms with Crippen molar-refractivity contribution in [1.29, 1.82) is 5.26 Å². The Balaban J connectivity index is 1.45. The number of hydrogen-bond acceptors (Lipinski definition) is 8. The zero-order valence-electron chi connectivity index (χ0n) is 26.3. The Hall–Kier alpha value is -3.62. The van der Waals surface area contributed by atoms with E-state index in [9.17, 15) is 19.6 Å². The minimum Gasteiger partial charge on any atom is -0.481 e. The number of nitrogens with zero attached hydrogens (tertiary/aromatic N) is 5. The lowest BCUT2D eigenvalue weighted by Gasteiger charge is -2.39. The van der Waals surface area contributed by atoms with Crippen LogP contribution in [0.3, 0.4) is 0 Å². The molecule has 2 aromatic rings. The second kappa shape index (κ2) is 16.6. The molecule has 11 heteroatoms. The van der Waals surface area contributed by atoms with Crippen LogP contribution in [0, 0.1) is 18.3 Å². The molecule has 0 atom stereocenters. The van der Waals surface area contributed by atoms with Crippen molar-refractivity contribution in [3.8, 4) is 6.07 Å². The molecule has 0 bridgehead atoms. The number of piperazine rings is 1. The number of anilines is 2. The number of benzene rings is 1. The molecule has 2 fully saturated rings. The standard InChI is InChI=1S/C34H43N5O4S2/c1-3-38-31(37-21-19-36(20-22-37)26-15-11-10-12-16-26)27(25(2)28(24-35)32(38)42)23-29-33(43)39(34(44)45-29)18-14-9-7-5-4-6-8-13-17-30(40)41/h10-12,15-16,23H,3-9,13-14,17-22H2,1-2H3,(H,40,41). The van der Waals surface area contributed by atoms with E-state index in [0.29, 0.717) is 41.0 Å². The van der Waals surface area contributed by atoms with Crippen LogP contribution in [0.25, 0.3) is 6.08 Å². The number of nitriles is 1. The van der Waals surface area contributed by atoms with E-state index in [1.54, 1.807) is 16.4 Å². The van der Waals surface area contributed by atoms with Gasteiger partial charge in [-0.1, -0.05) is 80.7 Å². The molecule has 1 N–H and O–H groups in total.